The lowest BCUT2D eigenvalue weighted by atomic mass is 9.99. The minimum absolute atomic E-state index is 0.0702. The summed E-state index contributed by atoms with van der Waals surface area (Å²) in [7, 11) is 0. The van der Waals surface area contributed by atoms with Crippen molar-refractivity contribution < 1.29 is 22.5 Å². The standard InChI is InChI=1S/C10H10F3NO2S2/c11-10(12,13)9(15)14-5-6-2-4-18(16)8-7(6)1-3-17-8/h1,3,6H,2,4-5H2,(H,14,15). The van der Waals surface area contributed by atoms with Gasteiger partial charge in [0, 0.05) is 24.4 Å². The van der Waals surface area contributed by atoms with Gasteiger partial charge in [0.15, 0.2) is 0 Å². The quantitative estimate of drug-likeness (QED) is 0.849. The minimum atomic E-state index is -4.85. The number of rotatable bonds is 2. The van der Waals surface area contributed by atoms with E-state index in [0.29, 0.717) is 16.4 Å². The van der Waals surface area contributed by atoms with E-state index in [1.807, 2.05) is 5.32 Å². The highest BCUT2D eigenvalue weighted by Gasteiger charge is 2.39. The average molecular weight is 297 g/mol. The van der Waals surface area contributed by atoms with Gasteiger partial charge in [0.25, 0.3) is 0 Å². The molecule has 0 aromatic carbocycles. The number of carbonyl (C=O) groups is 1. The summed E-state index contributed by atoms with van der Waals surface area (Å²) in [6.07, 6.45) is -4.33. The number of alkyl halides is 3. The molecule has 1 N–H and O–H groups in total. The maximum atomic E-state index is 12.0. The van der Waals surface area contributed by atoms with Crippen molar-refractivity contribution in [1.29, 1.82) is 0 Å². The summed E-state index contributed by atoms with van der Waals surface area (Å²) in [4.78, 5) is 10.7. The molecule has 0 bridgehead atoms. The monoisotopic (exact) mass is 297 g/mol. The predicted octanol–water partition coefficient (Wildman–Crippen LogP) is 2.02. The van der Waals surface area contributed by atoms with Crippen molar-refractivity contribution in [3.05, 3.63) is 17.0 Å². The largest absolute Gasteiger partial charge is 0.611 e. The highest BCUT2D eigenvalue weighted by Crippen LogP contribution is 2.37. The Labute approximate surface area is 109 Å². The highest BCUT2D eigenvalue weighted by atomic mass is 32.2. The summed E-state index contributed by atoms with van der Waals surface area (Å²) in [5.74, 6) is -1.68. The normalized spacial score (nSPS) is 23.6. The molecule has 2 atom stereocenters. The van der Waals surface area contributed by atoms with E-state index < -0.39 is 23.3 Å². The zero-order valence-electron chi connectivity index (χ0n) is 9.12. The molecule has 1 aromatic rings. The van der Waals surface area contributed by atoms with Gasteiger partial charge in [-0.1, -0.05) is 11.3 Å². The lowest BCUT2D eigenvalue weighted by molar-refractivity contribution is -0.173. The van der Waals surface area contributed by atoms with Gasteiger partial charge in [-0.25, -0.2) is 0 Å². The Kier molecular flexibility index (Phi) is 3.88. The van der Waals surface area contributed by atoms with Crippen LogP contribution in [-0.2, 0) is 16.0 Å². The molecule has 0 spiro atoms. The first-order valence-electron chi connectivity index (χ1n) is 5.20. The van der Waals surface area contributed by atoms with Gasteiger partial charge in [-0.05, 0) is 22.6 Å². The molecule has 0 saturated heterocycles. The third-order valence-electron chi connectivity index (χ3n) is 2.72. The molecular weight excluding hydrogens is 287 g/mol. The number of thiophene rings is 1. The summed E-state index contributed by atoms with van der Waals surface area (Å²) in [6, 6.07) is 1.77. The maximum absolute atomic E-state index is 12.0. The molecule has 0 aliphatic carbocycles. The molecule has 1 aliphatic rings. The predicted molar refractivity (Wildman–Crippen MR) is 62.0 cm³/mol. The fourth-order valence-electron chi connectivity index (χ4n) is 1.82. The van der Waals surface area contributed by atoms with Crippen LogP contribution in [0, 0.1) is 0 Å². The topological polar surface area (TPSA) is 52.2 Å². The molecule has 2 unspecified atom stereocenters. The second kappa shape index (κ2) is 5.10. The second-order valence-corrected chi connectivity index (χ2v) is 6.59. The molecule has 2 heterocycles. The number of hydrogen-bond acceptors (Lipinski definition) is 3. The Morgan fingerprint density at radius 3 is 3.00 bits per heavy atom. The van der Waals surface area contributed by atoms with Crippen LogP contribution in [-0.4, -0.2) is 28.9 Å². The van der Waals surface area contributed by atoms with Crippen LogP contribution in [0.4, 0.5) is 13.2 Å². The number of halogens is 3. The highest BCUT2D eigenvalue weighted by molar-refractivity contribution is 7.93. The van der Waals surface area contributed by atoms with E-state index in [2.05, 4.69) is 0 Å². The maximum Gasteiger partial charge on any atom is 0.471 e. The first kappa shape index (κ1) is 13.7. The van der Waals surface area contributed by atoms with E-state index in [1.54, 1.807) is 11.4 Å². The minimum Gasteiger partial charge on any atom is -0.611 e. The zero-order chi connectivity index (χ0) is 13.3. The van der Waals surface area contributed by atoms with Gasteiger partial charge in [0.2, 0.25) is 4.21 Å². The number of nitrogens with one attached hydrogen (secondary N) is 1. The van der Waals surface area contributed by atoms with E-state index in [-0.39, 0.29) is 12.5 Å². The molecule has 1 aromatic heterocycles. The van der Waals surface area contributed by atoms with Crippen LogP contribution in [0.15, 0.2) is 15.7 Å². The molecule has 100 valence electrons. The van der Waals surface area contributed by atoms with Crippen LogP contribution in [0.2, 0.25) is 0 Å². The SMILES string of the molecule is O=C(NCC1CC[S+]([O-])c2sccc21)C(F)(F)F. The van der Waals surface area contributed by atoms with Crippen LogP contribution < -0.4 is 5.32 Å². The van der Waals surface area contributed by atoms with Crippen LogP contribution in [0.1, 0.15) is 17.9 Å². The first-order valence-corrected chi connectivity index (χ1v) is 7.40. The molecule has 3 nitrogen and oxygen atoms in total. The van der Waals surface area contributed by atoms with Gasteiger partial charge >= 0.3 is 12.1 Å². The van der Waals surface area contributed by atoms with E-state index in [9.17, 15) is 22.5 Å². The van der Waals surface area contributed by atoms with Gasteiger partial charge in [0.05, 0.1) is 0 Å². The first-order chi connectivity index (χ1) is 8.39. The van der Waals surface area contributed by atoms with Crippen molar-refractivity contribution in [3.63, 3.8) is 0 Å². The van der Waals surface area contributed by atoms with E-state index in [4.69, 9.17) is 0 Å². The van der Waals surface area contributed by atoms with E-state index in [0.717, 1.165) is 5.56 Å². The van der Waals surface area contributed by atoms with Crippen LogP contribution in [0.25, 0.3) is 0 Å². The Morgan fingerprint density at radius 1 is 1.61 bits per heavy atom. The Hall–Kier alpha value is -0.730. The molecule has 0 saturated carbocycles. The van der Waals surface area contributed by atoms with E-state index >= 15 is 0 Å². The summed E-state index contributed by atoms with van der Waals surface area (Å²) in [6.45, 7) is -0.0702. The summed E-state index contributed by atoms with van der Waals surface area (Å²) in [5.41, 5.74) is 0.798. The molecule has 0 radical (unpaired) electrons. The lowest BCUT2D eigenvalue weighted by Crippen LogP contribution is -2.39. The Bertz CT molecular complexity index is 447. The molecule has 8 heteroatoms. The zero-order valence-corrected chi connectivity index (χ0v) is 10.8. The number of hydrogen-bond donors (Lipinski definition) is 1. The summed E-state index contributed by atoms with van der Waals surface area (Å²) >= 11 is 0.289. The number of fused-ring (bicyclic) bond motifs is 1. The molecule has 1 amide bonds. The van der Waals surface area contributed by atoms with Gasteiger partial charge in [-0.3, -0.25) is 4.79 Å². The molecule has 1 aliphatic heterocycles. The molecule has 0 fully saturated rings. The number of amides is 1. The third kappa shape index (κ3) is 2.81. The fraction of sp³-hybridized carbons (Fsp3) is 0.500. The molecular formula is C10H10F3NO2S2. The van der Waals surface area contributed by atoms with Crippen molar-refractivity contribution in [2.75, 3.05) is 12.3 Å². The Balaban J connectivity index is 2.01. The van der Waals surface area contributed by atoms with Crippen molar-refractivity contribution in [2.24, 2.45) is 0 Å². The lowest BCUT2D eigenvalue weighted by Gasteiger charge is -2.24. The van der Waals surface area contributed by atoms with Crippen molar-refractivity contribution >= 4 is 28.4 Å². The number of carbonyl (C=O) groups excluding carboxylic acids is 1. The van der Waals surface area contributed by atoms with E-state index in [1.165, 1.54) is 11.3 Å². The molecule has 2 rings (SSSR count). The van der Waals surface area contributed by atoms with Gasteiger partial charge in [-0.15, -0.1) is 0 Å². The van der Waals surface area contributed by atoms with Crippen LogP contribution >= 0.6 is 11.3 Å². The second-order valence-electron chi connectivity index (χ2n) is 3.91. The van der Waals surface area contributed by atoms with Crippen LogP contribution in [0.3, 0.4) is 0 Å². The summed E-state index contributed by atoms with van der Waals surface area (Å²) in [5, 5.41) is 3.65. The van der Waals surface area contributed by atoms with Gasteiger partial charge in [-0.2, -0.15) is 13.2 Å². The van der Waals surface area contributed by atoms with Crippen LogP contribution in [0.5, 0.6) is 0 Å². The average Bonchev–Trinajstić information content (AvgIpc) is 2.76. The smallest absolute Gasteiger partial charge is 0.471 e. The third-order valence-corrected chi connectivity index (χ3v) is 5.55. The van der Waals surface area contributed by atoms with Crippen molar-refractivity contribution in [1.82, 2.24) is 5.32 Å². The van der Waals surface area contributed by atoms with Crippen molar-refractivity contribution in [3.8, 4) is 0 Å². The fourth-order valence-corrected chi connectivity index (χ4v) is 4.56. The van der Waals surface area contributed by atoms with Crippen molar-refractivity contribution in [2.45, 2.75) is 22.7 Å². The van der Waals surface area contributed by atoms with Gasteiger partial charge < -0.3 is 9.87 Å². The molecule has 18 heavy (non-hydrogen) atoms. The van der Waals surface area contributed by atoms with Gasteiger partial charge in [0.1, 0.15) is 5.75 Å². The Morgan fingerprint density at radius 2 is 2.33 bits per heavy atom. The summed E-state index contributed by atoms with van der Waals surface area (Å²) < 4.78 is 48.5.